The zero-order valence-corrected chi connectivity index (χ0v) is 20.3. The molecule has 2 amide bonds. The van der Waals surface area contributed by atoms with Gasteiger partial charge < -0.3 is 9.40 Å². The summed E-state index contributed by atoms with van der Waals surface area (Å²) in [6.07, 6.45) is 4.73. The summed E-state index contributed by atoms with van der Waals surface area (Å²) in [5, 5.41) is 3.39. The summed E-state index contributed by atoms with van der Waals surface area (Å²) < 4.78 is 5.86. The van der Waals surface area contributed by atoms with E-state index in [2.05, 4.69) is 27.4 Å². The van der Waals surface area contributed by atoms with E-state index in [1.54, 1.807) is 17.3 Å². The molecule has 2 N–H and O–H groups in total. The maximum atomic E-state index is 13.7. The lowest BCUT2D eigenvalue weighted by Crippen LogP contribution is -2.32. The minimum Gasteiger partial charge on any atom is -0.464 e. The first-order chi connectivity index (χ1) is 18.1. The first-order valence-electron chi connectivity index (χ1n) is 12.2. The lowest BCUT2D eigenvalue weighted by atomic mass is 10.0. The number of carbonyl (C=O) groups excluding carboxylic acids is 1. The van der Waals surface area contributed by atoms with Gasteiger partial charge in [0, 0.05) is 12.2 Å². The first kappa shape index (κ1) is 22.7. The van der Waals surface area contributed by atoms with Crippen molar-refractivity contribution in [1.29, 1.82) is 0 Å². The summed E-state index contributed by atoms with van der Waals surface area (Å²) in [6, 6.07) is 20.1. The summed E-state index contributed by atoms with van der Waals surface area (Å²) >= 11 is 0. The van der Waals surface area contributed by atoms with E-state index in [0.29, 0.717) is 34.6 Å². The van der Waals surface area contributed by atoms with Crippen LogP contribution in [-0.4, -0.2) is 28.4 Å². The van der Waals surface area contributed by atoms with Crippen LogP contribution in [0.2, 0.25) is 0 Å². The van der Waals surface area contributed by atoms with Gasteiger partial charge in [-0.15, -0.1) is 0 Å². The molecule has 1 aliphatic rings. The number of hydrogen-bond donors (Lipinski definition) is 2. The molecule has 3 aromatic carbocycles. The highest BCUT2D eigenvalue weighted by molar-refractivity contribution is 6.17. The van der Waals surface area contributed by atoms with Gasteiger partial charge in [0.15, 0.2) is 5.43 Å². The van der Waals surface area contributed by atoms with Crippen LogP contribution in [0, 0.1) is 6.92 Å². The van der Waals surface area contributed by atoms with E-state index < -0.39 is 6.04 Å². The first-order valence-corrected chi connectivity index (χ1v) is 12.2. The van der Waals surface area contributed by atoms with Crippen molar-refractivity contribution in [1.82, 2.24) is 15.3 Å². The average molecular weight is 492 g/mol. The highest BCUT2D eigenvalue weighted by atomic mass is 16.3. The Morgan fingerprint density at radius 1 is 1.05 bits per heavy atom. The fourth-order valence-corrected chi connectivity index (χ4v) is 4.81. The van der Waals surface area contributed by atoms with E-state index in [9.17, 15) is 9.59 Å². The molecule has 1 aliphatic heterocycles. The van der Waals surface area contributed by atoms with Crippen LogP contribution in [0.5, 0.6) is 0 Å². The van der Waals surface area contributed by atoms with Crippen molar-refractivity contribution in [2.24, 2.45) is 4.99 Å². The number of nitrogens with zero attached hydrogens (tertiary/aromatic N) is 3. The van der Waals surface area contributed by atoms with Crippen LogP contribution >= 0.6 is 0 Å². The molecular weight excluding hydrogens is 466 g/mol. The minimum atomic E-state index is -0.745. The molecule has 37 heavy (non-hydrogen) atoms. The molecule has 0 aliphatic carbocycles. The van der Waals surface area contributed by atoms with Crippen LogP contribution in [-0.2, 0) is 6.42 Å². The molecule has 1 fully saturated rings. The lowest BCUT2D eigenvalue weighted by Gasteiger charge is -2.23. The van der Waals surface area contributed by atoms with Crippen molar-refractivity contribution >= 4 is 39.6 Å². The molecule has 8 heteroatoms. The number of benzene rings is 3. The summed E-state index contributed by atoms with van der Waals surface area (Å²) in [5.41, 5.74) is 5.05. The Morgan fingerprint density at radius 2 is 1.92 bits per heavy atom. The minimum absolute atomic E-state index is 0.184. The Kier molecular flexibility index (Phi) is 5.76. The van der Waals surface area contributed by atoms with E-state index in [4.69, 9.17) is 9.41 Å². The van der Waals surface area contributed by atoms with E-state index >= 15 is 0 Å². The molecule has 2 aromatic heterocycles. The molecule has 3 heterocycles. The van der Waals surface area contributed by atoms with Gasteiger partial charge in [0.25, 0.3) is 0 Å². The van der Waals surface area contributed by atoms with Crippen molar-refractivity contribution in [3.05, 3.63) is 106 Å². The lowest BCUT2D eigenvalue weighted by molar-refractivity contribution is 0.252. The van der Waals surface area contributed by atoms with Crippen LogP contribution in [0.15, 0.2) is 93.5 Å². The highest BCUT2D eigenvalue weighted by Crippen LogP contribution is 2.33. The third-order valence-corrected chi connectivity index (χ3v) is 6.65. The second-order valence-electron chi connectivity index (χ2n) is 9.18. The van der Waals surface area contributed by atoms with Gasteiger partial charge in [-0.25, -0.2) is 9.78 Å². The number of amidine groups is 1. The van der Waals surface area contributed by atoms with Crippen LogP contribution in [0.3, 0.4) is 0 Å². The predicted molar refractivity (Wildman–Crippen MR) is 144 cm³/mol. The van der Waals surface area contributed by atoms with E-state index in [1.165, 1.54) is 11.8 Å². The summed E-state index contributed by atoms with van der Waals surface area (Å²) in [7, 11) is 0. The summed E-state index contributed by atoms with van der Waals surface area (Å²) in [6.45, 7) is 2.43. The number of rotatable bonds is 6. The molecule has 1 unspecified atom stereocenters. The fraction of sp³-hybridized carbons (Fsp3) is 0.172. The van der Waals surface area contributed by atoms with E-state index in [1.807, 2.05) is 55.5 Å². The van der Waals surface area contributed by atoms with Crippen LogP contribution < -0.4 is 15.6 Å². The van der Waals surface area contributed by atoms with E-state index in [-0.39, 0.29) is 11.5 Å². The van der Waals surface area contributed by atoms with Crippen LogP contribution in [0.25, 0.3) is 22.0 Å². The highest BCUT2D eigenvalue weighted by Gasteiger charge is 2.41. The Morgan fingerprint density at radius 3 is 2.78 bits per heavy atom. The zero-order valence-electron chi connectivity index (χ0n) is 20.3. The number of imidazole rings is 1. The number of anilines is 1. The zero-order chi connectivity index (χ0) is 25.4. The third kappa shape index (κ3) is 4.27. The van der Waals surface area contributed by atoms with Crippen molar-refractivity contribution in [2.75, 3.05) is 11.4 Å². The molecular formula is C29H25N5O3. The van der Waals surface area contributed by atoms with Gasteiger partial charge >= 0.3 is 6.03 Å². The average Bonchev–Trinajstić information content (AvgIpc) is 3.51. The number of amides is 2. The van der Waals surface area contributed by atoms with Crippen molar-refractivity contribution in [2.45, 2.75) is 25.8 Å². The number of urea groups is 1. The third-order valence-electron chi connectivity index (χ3n) is 6.65. The normalized spacial score (nSPS) is 16.7. The number of H-pyrrole nitrogens is 1. The van der Waals surface area contributed by atoms with Gasteiger partial charge in [0.05, 0.1) is 28.3 Å². The topological polar surface area (TPSA) is 104 Å². The van der Waals surface area contributed by atoms with Gasteiger partial charge in [-0.2, -0.15) is 0 Å². The number of aromatic nitrogens is 2. The Balaban J connectivity index is 1.41. The SMILES string of the molecule is Cc1ccc2occ(C3C(=NCCCc4ccccc4)NC(=O)N3c3ccc4nc[nH]c4c3)c(=O)c2c1. The predicted octanol–water partition coefficient (Wildman–Crippen LogP) is 5.28. The largest absolute Gasteiger partial charge is 0.464 e. The molecule has 184 valence electrons. The monoisotopic (exact) mass is 491 g/mol. The Labute approximate surface area is 212 Å². The number of hydrogen-bond acceptors (Lipinski definition) is 5. The second kappa shape index (κ2) is 9.39. The number of carbonyl (C=O) groups is 1. The maximum Gasteiger partial charge on any atom is 0.328 e. The smallest absolute Gasteiger partial charge is 0.328 e. The Bertz CT molecular complexity index is 1700. The number of aromatic amines is 1. The molecule has 5 aromatic rings. The van der Waals surface area contributed by atoms with Crippen LogP contribution in [0.4, 0.5) is 10.5 Å². The summed E-state index contributed by atoms with van der Waals surface area (Å²) in [5.74, 6) is 0.432. The number of fused-ring (bicyclic) bond motifs is 2. The molecule has 0 saturated carbocycles. The van der Waals surface area contributed by atoms with Gasteiger partial charge in [-0.3, -0.25) is 20.0 Å². The second-order valence-corrected chi connectivity index (χ2v) is 9.18. The van der Waals surface area contributed by atoms with Crippen LogP contribution in [0.1, 0.15) is 29.2 Å². The van der Waals surface area contributed by atoms with Gasteiger partial charge in [-0.1, -0.05) is 42.0 Å². The molecule has 0 bridgehead atoms. The number of aliphatic imine (C=N–C) groups is 1. The maximum absolute atomic E-state index is 13.7. The van der Waals surface area contributed by atoms with Gasteiger partial charge in [0.2, 0.25) is 0 Å². The van der Waals surface area contributed by atoms with E-state index in [0.717, 1.165) is 29.4 Å². The van der Waals surface area contributed by atoms with Crippen molar-refractivity contribution in [3.63, 3.8) is 0 Å². The number of aryl methyl sites for hydroxylation is 2. The van der Waals surface area contributed by atoms with Gasteiger partial charge in [0.1, 0.15) is 23.7 Å². The molecule has 8 nitrogen and oxygen atoms in total. The quantitative estimate of drug-likeness (QED) is 0.315. The number of nitrogens with one attached hydrogen (secondary N) is 2. The van der Waals surface area contributed by atoms with Gasteiger partial charge in [-0.05, 0) is 55.7 Å². The Hall–Kier alpha value is -4.72. The molecule has 0 radical (unpaired) electrons. The molecule has 1 saturated heterocycles. The molecule has 0 spiro atoms. The van der Waals surface area contributed by atoms with Crippen molar-refractivity contribution in [3.8, 4) is 0 Å². The molecule has 6 rings (SSSR count). The molecule has 1 atom stereocenters. The fourth-order valence-electron chi connectivity index (χ4n) is 4.81. The van der Waals surface area contributed by atoms with Crippen molar-refractivity contribution < 1.29 is 9.21 Å². The summed E-state index contributed by atoms with van der Waals surface area (Å²) in [4.78, 5) is 40.7. The standard InChI is InChI=1S/C29H25N5O3/c1-18-9-12-25-21(14-18)27(35)22(16-37-25)26-28(30-13-5-8-19-6-3-2-4-7-19)33-29(36)34(26)20-10-11-23-24(15-20)32-17-31-23/h2-4,6-7,9-12,14-17,26H,5,8,13H2,1H3,(H,31,32)(H,30,33,36).